The minimum absolute atomic E-state index is 0.237. The summed E-state index contributed by atoms with van der Waals surface area (Å²) in [4.78, 5) is 18.0. The van der Waals surface area contributed by atoms with Gasteiger partial charge in [0.25, 0.3) is 0 Å². The van der Waals surface area contributed by atoms with Crippen molar-refractivity contribution in [3.8, 4) is 0 Å². The van der Waals surface area contributed by atoms with Gasteiger partial charge >= 0.3 is 7.60 Å². The van der Waals surface area contributed by atoms with Crippen LogP contribution in [0.3, 0.4) is 0 Å². The average Bonchev–Trinajstić information content (AvgIpc) is 2.44. The van der Waals surface area contributed by atoms with Crippen LogP contribution >= 0.6 is 30.6 Å². The van der Waals surface area contributed by atoms with Crippen LogP contribution < -0.4 is 0 Å². The van der Waals surface area contributed by atoms with Gasteiger partial charge in [-0.05, 0) is 5.57 Å². The molecule has 0 spiro atoms. The Morgan fingerprint density at radius 3 is 2.82 bits per heavy atom. The van der Waals surface area contributed by atoms with Crippen LogP contribution in [0, 0.1) is 0 Å². The first-order valence-corrected chi connectivity index (χ1v) is 7.54. The van der Waals surface area contributed by atoms with Crippen LogP contribution in [0.15, 0.2) is 11.4 Å². The predicted octanol–water partition coefficient (Wildman–Crippen LogP) is 0.465. The molecule has 2 N–H and O–H groups in total. The van der Waals surface area contributed by atoms with Gasteiger partial charge in [-0.25, -0.2) is 0 Å². The van der Waals surface area contributed by atoms with Crippen molar-refractivity contribution in [2.45, 2.75) is 30.7 Å². The Kier molecular flexibility index (Phi) is 4.34. The van der Waals surface area contributed by atoms with Gasteiger partial charge in [-0.2, -0.15) is 0 Å². The third-order valence-electron chi connectivity index (χ3n) is 2.75. The Balaban J connectivity index is 2.30. The number of hydrogen-bond donors (Lipinski definition) is 2. The van der Waals surface area contributed by atoms with Gasteiger partial charge in [0.1, 0.15) is 49.2 Å². The molecule has 9 heteroatoms. The molecule has 0 aromatic heterocycles. The Morgan fingerprint density at radius 1 is 1.59 bits per heavy atom. The summed E-state index contributed by atoms with van der Waals surface area (Å²) in [6, 6.07) is -0.642. The molecule has 6 nitrogen and oxygen atoms in total. The van der Waals surface area contributed by atoms with Crippen molar-refractivity contribution in [1.29, 1.82) is 0 Å². The van der Waals surface area contributed by atoms with Crippen molar-refractivity contribution < 1.29 is 26.9 Å². The summed E-state index contributed by atoms with van der Waals surface area (Å²) in [5.41, 5.74) is 0.482. The second-order valence-electron chi connectivity index (χ2n) is 4.01. The van der Waals surface area contributed by atoms with E-state index in [0.717, 1.165) is 5.82 Å². The molecule has 3 unspecified atom stereocenters. The maximum atomic E-state index is 11.0. The van der Waals surface area contributed by atoms with Gasteiger partial charge in [-0.1, -0.05) is 0 Å². The van der Waals surface area contributed by atoms with Gasteiger partial charge < -0.3 is 22.3 Å². The van der Waals surface area contributed by atoms with E-state index >= 15 is 0 Å². The lowest BCUT2D eigenvalue weighted by atomic mass is 9.90. The molecule has 3 aliphatic heterocycles. The molecule has 0 saturated carbocycles. The molecule has 3 aliphatic rings. The highest BCUT2D eigenvalue weighted by atomic mass is 127. The normalized spacial score (nSPS) is 40.5. The molecule has 3 saturated heterocycles. The second kappa shape index (κ2) is 5.28. The first-order valence-electron chi connectivity index (χ1n) is 4.97. The molecule has 0 amide bonds. The minimum atomic E-state index is -4.24. The van der Waals surface area contributed by atoms with Crippen molar-refractivity contribution in [1.82, 2.24) is 0 Å². The summed E-state index contributed by atoms with van der Waals surface area (Å²) in [5, 5.41) is 0. The molecule has 4 atom stereocenters. The van der Waals surface area contributed by atoms with Crippen LogP contribution in [-0.4, -0.2) is 48.6 Å². The first-order chi connectivity index (χ1) is 7.90. The van der Waals surface area contributed by atoms with Crippen molar-refractivity contribution in [3.05, 3.63) is 11.4 Å². The van der Waals surface area contributed by atoms with Crippen LogP contribution in [-0.2, 0) is 17.1 Å². The maximum Gasteiger partial charge on any atom is 0.349 e. The summed E-state index contributed by atoms with van der Waals surface area (Å²) >= 11 is 1.73. The van der Waals surface area contributed by atoms with E-state index in [2.05, 4.69) is 0 Å². The van der Waals surface area contributed by atoms with Gasteiger partial charge in [0.05, 0.1) is 6.61 Å². The van der Waals surface area contributed by atoms with E-state index in [-0.39, 0.29) is 12.7 Å². The first kappa shape index (κ1) is 14.0. The number of rotatable bonds is 2. The van der Waals surface area contributed by atoms with E-state index < -0.39 is 25.8 Å². The quantitative estimate of drug-likeness (QED) is 0.417. The van der Waals surface area contributed by atoms with Gasteiger partial charge in [0.2, 0.25) is 0 Å². The Hall–Kier alpha value is 0.565. The van der Waals surface area contributed by atoms with E-state index in [4.69, 9.17) is 30.2 Å². The zero-order chi connectivity index (χ0) is 12.6. The fourth-order valence-electron chi connectivity index (χ4n) is 2.03. The Labute approximate surface area is 114 Å². The molecule has 0 aromatic rings. The molecule has 2 bridgehead atoms. The summed E-state index contributed by atoms with van der Waals surface area (Å²) in [6.45, 7) is 0.237. The topological polar surface area (TPSA) is 85.2 Å². The number of hydrogen-bond acceptors (Lipinski definition) is 4. The van der Waals surface area contributed by atoms with Crippen LogP contribution in [0.5, 0.6) is 0 Å². The zero-order valence-corrected chi connectivity index (χ0v) is 11.8. The van der Waals surface area contributed by atoms with E-state index in [1.54, 1.807) is 23.0 Å². The SMILES string of the molecule is [B][C@@H]1OC2COC1C(OI)C/C2=C/P(=O)(O)O. The fraction of sp³-hybridized carbons (Fsp3) is 0.750. The highest BCUT2D eigenvalue weighted by Crippen LogP contribution is 2.42. The van der Waals surface area contributed by atoms with E-state index in [0.29, 0.717) is 12.0 Å². The van der Waals surface area contributed by atoms with E-state index in [9.17, 15) is 4.57 Å². The average molecular weight is 372 g/mol. The molecule has 3 fully saturated rings. The lowest BCUT2D eigenvalue weighted by Crippen LogP contribution is -2.46. The summed E-state index contributed by atoms with van der Waals surface area (Å²) in [7, 11) is 1.52. The minimum Gasteiger partial charge on any atom is -0.375 e. The lowest BCUT2D eigenvalue weighted by Gasteiger charge is -2.33. The van der Waals surface area contributed by atoms with Crippen molar-refractivity contribution in [2.24, 2.45) is 0 Å². The second-order valence-corrected chi connectivity index (χ2v) is 5.96. The molecule has 17 heavy (non-hydrogen) atoms. The zero-order valence-electron chi connectivity index (χ0n) is 8.73. The lowest BCUT2D eigenvalue weighted by molar-refractivity contribution is -0.147. The van der Waals surface area contributed by atoms with Crippen LogP contribution in [0.2, 0.25) is 0 Å². The molecule has 0 aliphatic carbocycles. The van der Waals surface area contributed by atoms with Gasteiger partial charge in [0, 0.05) is 18.2 Å². The molecule has 3 heterocycles. The van der Waals surface area contributed by atoms with Crippen molar-refractivity contribution >= 4 is 38.4 Å². The number of fused-ring (bicyclic) bond motifs is 4. The number of ether oxygens (including phenoxy) is 2. The summed E-state index contributed by atoms with van der Waals surface area (Å²) in [5.74, 6) is 0.921. The van der Waals surface area contributed by atoms with E-state index in [1.165, 1.54) is 0 Å². The third kappa shape index (κ3) is 3.31. The third-order valence-corrected chi connectivity index (χ3v) is 4.07. The van der Waals surface area contributed by atoms with Crippen molar-refractivity contribution in [2.75, 3.05) is 6.61 Å². The van der Waals surface area contributed by atoms with Crippen LogP contribution in [0.1, 0.15) is 6.42 Å². The van der Waals surface area contributed by atoms with Gasteiger partial charge in [0.15, 0.2) is 0 Å². The molecule has 3 rings (SSSR count). The fourth-order valence-corrected chi connectivity index (χ4v) is 3.20. The molecule has 2 radical (unpaired) electrons. The largest absolute Gasteiger partial charge is 0.375 e. The molecule has 0 aromatic carbocycles. The monoisotopic (exact) mass is 372 g/mol. The highest BCUT2D eigenvalue weighted by Gasteiger charge is 2.42. The maximum absolute atomic E-state index is 11.0. The van der Waals surface area contributed by atoms with Crippen molar-refractivity contribution in [3.63, 3.8) is 0 Å². The number of halogens is 1. The molecule has 94 valence electrons. The Morgan fingerprint density at radius 2 is 2.29 bits per heavy atom. The standard InChI is InChI=1S/C8H11BIO6P/c9-8-7-5(16-10)1-4(3-17(11,12)13)6(15-8)2-14-7/h3,5-8H,1-2H2,(H2,11,12,13)/b4-3-/t5?,6?,7?,8-/m1/s1. The van der Waals surface area contributed by atoms with Gasteiger partial charge in [-0.3, -0.25) is 4.57 Å². The predicted molar refractivity (Wildman–Crippen MR) is 67.8 cm³/mol. The summed E-state index contributed by atoms with van der Waals surface area (Å²) < 4.78 is 27.2. The molecular weight excluding hydrogens is 361 g/mol. The summed E-state index contributed by atoms with van der Waals surface area (Å²) in [6.07, 6.45) is -0.941. The van der Waals surface area contributed by atoms with Crippen LogP contribution in [0.25, 0.3) is 0 Å². The smallest absolute Gasteiger partial charge is 0.349 e. The van der Waals surface area contributed by atoms with E-state index in [1.807, 2.05) is 0 Å². The van der Waals surface area contributed by atoms with Crippen LogP contribution in [0.4, 0.5) is 0 Å². The van der Waals surface area contributed by atoms with Gasteiger partial charge in [-0.15, -0.1) is 0 Å². The Bertz CT molecular complexity index is 371. The molecular formula is C8H11BIO6P. The highest BCUT2D eigenvalue weighted by molar-refractivity contribution is 14.1.